The highest BCUT2D eigenvalue weighted by molar-refractivity contribution is 7.30. The summed E-state index contributed by atoms with van der Waals surface area (Å²) in [5.74, 6) is 0. The molecule has 0 aliphatic heterocycles. The van der Waals surface area contributed by atoms with E-state index in [0.29, 0.717) is 0 Å². The largest absolute Gasteiger partial charge is 0.503 e. The van der Waals surface area contributed by atoms with Crippen molar-refractivity contribution in [3.63, 3.8) is 0 Å². The number of halogens is 1. The van der Waals surface area contributed by atoms with Crippen molar-refractivity contribution in [2.45, 2.75) is 38.9 Å². The van der Waals surface area contributed by atoms with Crippen LogP contribution in [0.5, 0.6) is 0 Å². The van der Waals surface area contributed by atoms with E-state index in [9.17, 15) is 10.1 Å². The molecule has 1 aromatic rings. The first-order valence-electron chi connectivity index (χ1n) is 5.69. The lowest BCUT2D eigenvalue weighted by molar-refractivity contribution is -0.0981. The molecule has 0 amide bonds. The minimum atomic E-state index is -1.65. The monoisotopic (exact) mass is 306 g/mol. The predicted molar refractivity (Wildman–Crippen MR) is 78.2 cm³/mol. The molecule has 19 heavy (non-hydrogen) atoms. The van der Waals surface area contributed by atoms with E-state index in [1.807, 2.05) is 0 Å². The quantitative estimate of drug-likeness (QED) is 0.542. The van der Waals surface area contributed by atoms with Crippen molar-refractivity contribution in [1.82, 2.24) is 0 Å². The predicted octanol–water partition coefficient (Wildman–Crippen LogP) is -0.665. The molecule has 0 atom stereocenters. The molecule has 0 aliphatic rings. The molecule has 5 nitrogen and oxygen atoms in total. The summed E-state index contributed by atoms with van der Waals surface area (Å²) in [7, 11) is -3.00. The summed E-state index contributed by atoms with van der Waals surface area (Å²) >= 11 is 6.85. The van der Waals surface area contributed by atoms with Crippen LogP contribution < -0.4 is 9.55 Å². The van der Waals surface area contributed by atoms with Gasteiger partial charge in [-0.05, 0) is 33.8 Å². The van der Waals surface area contributed by atoms with E-state index < -0.39 is 25.4 Å². The minimum Gasteiger partial charge on any atom is -0.423 e. The van der Waals surface area contributed by atoms with Gasteiger partial charge in [-0.2, -0.15) is 11.3 Å². The number of rotatable bonds is 5. The maximum atomic E-state index is 10.0. The fourth-order valence-electron chi connectivity index (χ4n) is 1.17. The Kier molecular flexibility index (Phi) is 5.12. The third kappa shape index (κ3) is 3.95. The molecule has 0 unspecified atom stereocenters. The van der Waals surface area contributed by atoms with E-state index in [0.717, 1.165) is 11.3 Å². The number of thiophene rings is 1. The molecular formula is C10H17B2ClO5S. The molecule has 9 heteroatoms. The number of hydrogen-bond donors (Lipinski definition) is 4. The van der Waals surface area contributed by atoms with Crippen molar-refractivity contribution < 1.29 is 24.8 Å². The van der Waals surface area contributed by atoms with Gasteiger partial charge in [0.05, 0.1) is 21.0 Å². The molecule has 0 bridgehead atoms. The maximum absolute atomic E-state index is 10.0. The highest BCUT2D eigenvalue weighted by Crippen LogP contribution is 2.26. The average molecular weight is 306 g/mol. The Morgan fingerprint density at radius 2 is 1.74 bits per heavy atom. The molecule has 0 spiro atoms. The molecule has 0 saturated heterocycles. The summed E-state index contributed by atoms with van der Waals surface area (Å²) in [4.78, 5) is 0. The molecular weight excluding hydrogens is 289 g/mol. The molecule has 106 valence electrons. The van der Waals surface area contributed by atoms with Crippen LogP contribution in [0.4, 0.5) is 0 Å². The zero-order valence-corrected chi connectivity index (χ0v) is 12.8. The van der Waals surface area contributed by atoms with Gasteiger partial charge in [0, 0.05) is 4.78 Å². The Morgan fingerprint density at radius 1 is 1.21 bits per heavy atom. The third-order valence-electron chi connectivity index (χ3n) is 3.09. The van der Waals surface area contributed by atoms with Crippen LogP contribution in [0.2, 0.25) is 5.02 Å². The SMILES string of the molecule is CC(C)(O)C(C)(C)OB(O)c1sc(B(O)O)cc1Cl. The highest BCUT2D eigenvalue weighted by atomic mass is 35.5. The van der Waals surface area contributed by atoms with Crippen LogP contribution in [0.15, 0.2) is 6.07 Å². The van der Waals surface area contributed by atoms with Gasteiger partial charge in [0.25, 0.3) is 0 Å². The molecule has 0 radical (unpaired) electrons. The van der Waals surface area contributed by atoms with E-state index in [1.165, 1.54) is 6.07 Å². The Bertz CT molecular complexity index is 444. The molecule has 1 aromatic heterocycles. The van der Waals surface area contributed by atoms with E-state index >= 15 is 0 Å². The number of hydrogen-bond acceptors (Lipinski definition) is 6. The van der Waals surface area contributed by atoms with Gasteiger partial charge in [-0.1, -0.05) is 11.6 Å². The van der Waals surface area contributed by atoms with Crippen molar-refractivity contribution in [1.29, 1.82) is 0 Å². The molecule has 0 fully saturated rings. The fourth-order valence-corrected chi connectivity index (χ4v) is 2.41. The van der Waals surface area contributed by atoms with Gasteiger partial charge >= 0.3 is 14.2 Å². The summed E-state index contributed by atoms with van der Waals surface area (Å²) in [6.07, 6.45) is 0. The highest BCUT2D eigenvalue weighted by Gasteiger charge is 2.40. The van der Waals surface area contributed by atoms with Crippen LogP contribution in [0.25, 0.3) is 0 Å². The van der Waals surface area contributed by atoms with Gasteiger partial charge in [0.15, 0.2) is 0 Å². The van der Waals surface area contributed by atoms with Crippen LogP contribution in [0.1, 0.15) is 27.7 Å². The molecule has 1 rings (SSSR count). The molecule has 0 saturated carbocycles. The Hall–Kier alpha value is -0.0801. The first kappa shape index (κ1) is 17.0. The zero-order chi connectivity index (χ0) is 15.0. The maximum Gasteiger partial charge on any atom is 0.503 e. The zero-order valence-electron chi connectivity index (χ0n) is 11.2. The lowest BCUT2D eigenvalue weighted by atomic mass is 9.82. The summed E-state index contributed by atoms with van der Waals surface area (Å²) < 4.78 is 5.91. The van der Waals surface area contributed by atoms with E-state index in [2.05, 4.69) is 0 Å². The van der Waals surface area contributed by atoms with Crippen molar-refractivity contribution >= 4 is 46.7 Å². The Balaban J connectivity index is 2.93. The molecule has 0 aliphatic carbocycles. The van der Waals surface area contributed by atoms with Crippen LogP contribution in [-0.4, -0.2) is 45.6 Å². The van der Waals surface area contributed by atoms with Crippen molar-refractivity contribution in [2.75, 3.05) is 0 Å². The minimum absolute atomic E-state index is 0.187. The first-order chi connectivity index (χ1) is 8.45. The van der Waals surface area contributed by atoms with Gasteiger partial charge in [-0.25, -0.2) is 0 Å². The summed E-state index contributed by atoms with van der Waals surface area (Å²) in [6.45, 7) is 6.41. The molecule has 4 N–H and O–H groups in total. The van der Waals surface area contributed by atoms with Gasteiger partial charge in [0.1, 0.15) is 0 Å². The third-order valence-corrected chi connectivity index (χ3v) is 4.72. The Labute approximate surface area is 122 Å². The lowest BCUT2D eigenvalue weighted by Gasteiger charge is -2.38. The summed E-state index contributed by atoms with van der Waals surface area (Å²) in [6, 6.07) is 1.36. The van der Waals surface area contributed by atoms with E-state index in [1.54, 1.807) is 27.7 Å². The van der Waals surface area contributed by atoms with Gasteiger partial charge in [-0.3, -0.25) is 0 Å². The van der Waals surface area contributed by atoms with E-state index in [4.69, 9.17) is 26.3 Å². The molecule has 0 aromatic carbocycles. The van der Waals surface area contributed by atoms with Crippen LogP contribution >= 0.6 is 22.9 Å². The second-order valence-electron chi connectivity index (χ2n) is 5.27. The van der Waals surface area contributed by atoms with Crippen LogP contribution in [0, 0.1) is 0 Å². The summed E-state index contributed by atoms with van der Waals surface area (Å²) in [5, 5.41) is 38.3. The lowest BCUT2D eigenvalue weighted by Crippen LogP contribution is -2.52. The first-order valence-corrected chi connectivity index (χ1v) is 6.88. The smallest absolute Gasteiger partial charge is 0.423 e. The average Bonchev–Trinajstić information content (AvgIpc) is 2.57. The van der Waals surface area contributed by atoms with E-state index in [-0.39, 0.29) is 14.6 Å². The molecule has 1 heterocycles. The fraction of sp³-hybridized carbons (Fsp3) is 0.600. The Morgan fingerprint density at radius 3 is 2.11 bits per heavy atom. The second-order valence-corrected chi connectivity index (χ2v) is 6.80. The van der Waals surface area contributed by atoms with Crippen molar-refractivity contribution in [3.8, 4) is 0 Å². The van der Waals surface area contributed by atoms with Gasteiger partial charge in [0.2, 0.25) is 0 Å². The van der Waals surface area contributed by atoms with Crippen molar-refractivity contribution in [2.24, 2.45) is 0 Å². The second kappa shape index (κ2) is 5.73. The topological polar surface area (TPSA) is 90.2 Å². The van der Waals surface area contributed by atoms with Gasteiger partial charge in [-0.15, -0.1) is 0 Å². The standard InChI is InChI=1S/C10H17B2ClO5S/c1-9(2,14)10(3,4)18-12(17)8-6(13)5-7(19-8)11(15)16/h5,14-17H,1-4H3. The van der Waals surface area contributed by atoms with Crippen LogP contribution in [-0.2, 0) is 4.65 Å². The van der Waals surface area contributed by atoms with Crippen molar-refractivity contribution in [3.05, 3.63) is 11.1 Å². The van der Waals surface area contributed by atoms with Crippen LogP contribution in [0.3, 0.4) is 0 Å². The number of aliphatic hydroxyl groups is 1. The normalized spacial score (nSPS) is 12.7. The van der Waals surface area contributed by atoms with Gasteiger partial charge < -0.3 is 24.8 Å². The summed E-state index contributed by atoms with van der Waals surface area (Å²) in [5.41, 5.74) is -2.19.